The molecular formula is C12H23NO3S. The Bertz CT molecular complexity index is 356. The molecule has 0 amide bonds. The van der Waals surface area contributed by atoms with E-state index in [9.17, 15) is 13.2 Å². The van der Waals surface area contributed by atoms with E-state index in [1.165, 1.54) is 6.26 Å². The number of rotatable bonds is 5. The lowest BCUT2D eigenvalue weighted by Crippen LogP contribution is -2.38. The van der Waals surface area contributed by atoms with Crippen LogP contribution in [0, 0.1) is 11.8 Å². The fourth-order valence-electron chi connectivity index (χ4n) is 2.33. The van der Waals surface area contributed by atoms with Crippen LogP contribution in [-0.2, 0) is 14.6 Å². The van der Waals surface area contributed by atoms with Gasteiger partial charge in [0, 0.05) is 12.2 Å². The maximum Gasteiger partial charge on any atom is 0.152 e. The Morgan fingerprint density at radius 1 is 1.29 bits per heavy atom. The smallest absolute Gasteiger partial charge is 0.152 e. The van der Waals surface area contributed by atoms with Gasteiger partial charge in [0.25, 0.3) is 0 Å². The fraction of sp³-hybridized carbons (Fsp3) is 0.917. The molecule has 100 valence electrons. The lowest BCUT2D eigenvalue weighted by atomic mass is 9.79. The minimum absolute atomic E-state index is 0.00301. The van der Waals surface area contributed by atoms with Crippen molar-refractivity contribution >= 4 is 15.6 Å². The summed E-state index contributed by atoms with van der Waals surface area (Å²) in [6.07, 6.45) is 5.40. The highest BCUT2D eigenvalue weighted by Gasteiger charge is 2.28. The first-order valence-corrected chi connectivity index (χ1v) is 8.32. The van der Waals surface area contributed by atoms with Crippen LogP contribution < -0.4 is 5.73 Å². The number of Topliss-reactive ketones (excluding diaryl/α,β-unsaturated/α-hetero) is 1. The fourth-order valence-corrected chi connectivity index (χ4v) is 3.01. The molecule has 0 radical (unpaired) electrons. The van der Waals surface area contributed by atoms with Crippen LogP contribution in [0.5, 0.6) is 0 Å². The summed E-state index contributed by atoms with van der Waals surface area (Å²) in [4.78, 5) is 12.0. The monoisotopic (exact) mass is 261 g/mol. The van der Waals surface area contributed by atoms with E-state index in [-0.39, 0.29) is 23.9 Å². The molecule has 5 heteroatoms. The third-order valence-electron chi connectivity index (χ3n) is 3.58. The van der Waals surface area contributed by atoms with Gasteiger partial charge < -0.3 is 5.73 Å². The summed E-state index contributed by atoms with van der Waals surface area (Å²) < 4.78 is 22.0. The molecule has 1 fully saturated rings. The van der Waals surface area contributed by atoms with E-state index in [2.05, 4.69) is 6.92 Å². The Hall–Kier alpha value is -0.420. The second kappa shape index (κ2) is 5.96. The van der Waals surface area contributed by atoms with Gasteiger partial charge in [-0.3, -0.25) is 4.79 Å². The molecule has 1 aliphatic carbocycles. The SMILES string of the molecule is CC1CCC(C(=O)C(N)CCS(C)(=O)=O)CC1. The molecule has 1 saturated carbocycles. The average Bonchev–Trinajstić information content (AvgIpc) is 2.25. The predicted octanol–water partition coefficient (Wildman–Crippen LogP) is 1.14. The van der Waals surface area contributed by atoms with Crippen molar-refractivity contribution < 1.29 is 13.2 Å². The van der Waals surface area contributed by atoms with E-state index >= 15 is 0 Å². The summed E-state index contributed by atoms with van der Waals surface area (Å²) in [6, 6.07) is -0.608. The van der Waals surface area contributed by atoms with E-state index in [1.807, 2.05) is 0 Å². The summed E-state index contributed by atoms with van der Waals surface area (Å²) in [6.45, 7) is 2.20. The minimum atomic E-state index is -3.02. The zero-order valence-corrected chi connectivity index (χ0v) is 11.5. The molecule has 1 aliphatic rings. The van der Waals surface area contributed by atoms with Crippen molar-refractivity contribution in [3.05, 3.63) is 0 Å². The zero-order chi connectivity index (χ0) is 13.1. The van der Waals surface area contributed by atoms with E-state index in [1.54, 1.807) is 0 Å². The summed E-state index contributed by atoms with van der Waals surface area (Å²) >= 11 is 0. The number of hydrogen-bond donors (Lipinski definition) is 1. The number of nitrogens with two attached hydrogens (primary N) is 1. The molecule has 0 spiro atoms. The first-order valence-electron chi connectivity index (χ1n) is 6.26. The van der Waals surface area contributed by atoms with Gasteiger partial charge in [0.05, 0.1) is 11.8 Å². The number of carbonyl (C=O) groups excluding carboxylic acids is 1. The first-order chi connectivity index (χ1) is 7.79. The molecule has 1 unspecified atom stereocenters. The Labute approximate surface area is 104 Å². The van der Waals surface area contributed by atoms with Gasteiger partial charge in [-0.1, -0.05) is 19.8 Å². The van der Waals surface area contributed by atoms with E-state index < -0.39 is 15.9 Å². The summed E-state index contributed by atoms with van der Waals surface area (Å²) in [5.74, 6) is 0.816. The van der Waals surface area contributed by atoms with Crippen molar-refractivity contribution in [2.24, 2.45) is 17.6 Å². The molecule has 2 N–H and O–H groups in total. The molecule has 0 aromatic carbocycles. The highest BCUT2D eigenvalue weighted by Crippen LogP contribution is 2.29. The van der Waals surface area contributed by atoms with Gasteiger partial charge in [0.1, 0.15) is 9.84 Å². The van der Waals surface area contributed by atoms with Crippen molar-refractivity contribution in [1.82, 2.24) is 0 Å². The molecular weight excluding hydrogens is 238 g/mol. The maximum atomic E-state index is 12.0. The van der Waals surface area contributed by atoms with Gasteiger partial charge in [-0.05, 0) is 25.2 Å². The van der Waals surface area contributed by atoms with Crippen LogP contribution >= 0.6 is 0 Å². The van der Waals surface area contributed by atoms with E-state index in [0.29, 0.717) is 5.92 Å². The molecule has 0 bridgehead atoms. The third-order valence-corrected chi connectivity index (χ3v) is 4.56. The lowest BCUT2D eigenvalue weighted by Gasteiger charge is -2.26. The Balaban J connectivity index is 2.41. The summed E-state index contributed by atoms with van der Waals surface area (Å²) in [7, 11) is -3.02. The van der Waals surface area contributed by atoms with Gasteiger partial charge in [-0.25, -0.2) is 8.42 Å². The van der Waals surface area contributed by atoms with Crippen molar-refractivity contribution in [2.75, 3.05) is 12.0 Å². The largest absolute Gasteiger partial charge is 0.321 e. The normalized spacial score (nSPS) is 27.7. The minimum Gasteiger partial charge on any atom is -0.321 e. The molecule has 0 saturated heterocycles. The van der Waals surface area contributed by atoms with Crippen LogP contribution in [0.3, 0.4) is 0 Å². The molecule has 0 aliphatic heterocycles. The van der Waals surface area contributed by atoms with Crippen LogP contribution in [-0.4, -0.2) is 32.3 Å². The Morgan fingerprint density at radius 3 is 2.29 bits per heavy atom. The van der Waals surface area contributed by atoms with Crippen molar-refractivity contribution in [3.63, 3.8) is 0 Å². The van der Waals surface area contributed by atoms with Crippen LogP contribution in [0.2, 0.25) is 0 Å². The van der Waals surface area contributed by atoms with Gasteiger partial charge in [0.2, 0.25) is 0 Å². The Kier molecular flexibility index (Phi) is 5.13. The van der Waals surface area contributed by atoms with E-state index in [4.69, 9.17) is 5.73 Å². The van der Waals surface area contributed by atoms with Crippen molar-refractivity contribution in [3.8, 4) is 0 Å². The van der Waals surface area contributed by atoms with Crippen molar-refractivity contribution in [2.45, 2.75) is 45.1 Å². The molecule has 0 aromatic heterocycles. The molecule has 17 heavy (non-hydrogen) atoms. The van der Waals surface area contributed by atoms with Crippen LogP contribution in [0.4, 0.5) is 0 Å². The highest BCUT2D eigenvalue weighted by molar-refractivity contribution is 7.90. The van der Waals surface area contributed by atoms with Crippen LogP contribution in [0.15, 0.2) is 0 Å². The number of carbonyl (C=O) groups is 1. The standard InChI is InChI=1S/C12H23NO3S/c1-9-3-5-10(6-4-9)12(14)11(13)7-8-17(2,15)16/h9-11H,3-8,13H2,1-2H3. The first kappa shape index (κ1) is 14.6. The van der Waals surface area contributed by atoms with Gasteiger partial charge >= 0.3 is 0 Å². The van der Waals surface area contributed by atoms with Crippen LogP contribution in [0.1, 0.15) is 39.0 Å². The second-order valence-electron chi connectivity index (χ2n) is 5.38. The Morgan fingerprint density at radius 2 is 1.82 bits per heavy atom. The van der Waals surface area contributed by atoms with Crippen molar-refractivity contribution in [1.29, 1.82) is 0 Å². The van der Waals surface area contributed by atoms with E-state index in [0.717, 1.165) is 25.7 Å². The topological polar surface area (TPSA) is 77.2 Å². The second-order valence-corrected chi connectivity index (χ2v) is 7.64. The molecule has 0 heterocycles. The molecule has 1 rings (SSSR count). The lowest BCUT2D eigenvalue weighted by molar-refractivity contribution is -0.125. The quantitative estimate of drug-likeness (QED) is 0.805. The zero-order valence-electron chi connectivity index (χ0n) is 10.7. The molecule has 1 atom stereocenters. The molecule has 4 nitrogen and oxygen atoms in total. The number of ketones is 1. The van der Waals surface area contributed by atoms with Gasteiger partial charge in [0.15, 0.2) is 5.78 Å². The van der Waals surface area contributed by atoms with Crippen LogP contribution in [0.25, 0.3) is 0 Å². The molecule has 0 aromatic rings. The number of hydrogen-bond acceptors (Lipinski definition) is 4. The predicted molar refractivity (Wildman–Crippen MR) is 68.4 cm³/mol. The highest BCUT2D eigenvalue weighted by atomic mass is 32.2. The van der Waals surface area contributed by atoms with Gasteiger partial charge in [-0.15, -0.1) is 0 Å². The maximum absolute atomic E-state index is 12.0. The summed E-state index contributed by atoms with van der Waals surface area (Å²) in [5, 5.41) is 0. The van der Waals surface area contributed by atoms with Gasteiger partial charge in [-0.2, -0.15) is 0 Å². The third kappa shape index (κ3) is 5.17. The summed E-state index contributed by atoms with van der Waals surface area (Å²) in [5.41, 5.74) is 5.78. The average molecular weight is 261 g/mol. The number of sulfone groups is 1.